The number of carbonyl (C=O) groups excluding carboxylic acids is 1. The summed E-state index contributed by atoms with van der Waals surface area (Å²) in [5.41, 5.74) is 3.56. The van der Waals surface area contributed by atoms with E-state index in [1.807, 2.05) is 30.3 Å². The maximum atomic E-state index is 12.3. The zero-order chi connectivity index (χ0) is 16.6. The van der Waals surface area contributed by atoms with E-state index in [4.69, 9.17) is 11.6 Å². The number of hydrogen-bond donors (Lipinski definition) is 2. The minimum Gasteiger partial charge on any atom is -0.361 e. The van der Waals surface area contributed by atoms with E-state index in [9.17, 15) is 4.79 Å². The molecule has 1 heterocycles. The fourth-order valence-electron chi connectivity index (χ4n) is 3.32. The highest BCUT2D eigenvalue weighted by molar-refractivity contribution is 6.30. The summed E-state index contributed by atoms with van der Waals surface area (Å²) >= 11 is 5.88. The summed E-state index contributed by atoms with van der Waals surface area (Å²) in [6, 6.07) is 15.8. The Labute approximate surface area is 146 Å². The number of para-hydroxylation sites is 1. The second-order valence-corrected chi connectivity index (χ2v) is 7.04. The fraction of sp³-hybridized carbons (Fsp3) is 0.250. The molecule has 0 aliphatic heterocycles. The molecular weight excluding hydrogens is 320 g/mol. The van der Waals surface area contributed by atoms with Gasteiger partial charge in [-0.1, -0.05) is 41.9 Å². The number of amides is 1. The number of H-pyrrole nitrogens is 1. The highest BCUT2D eigenvalue weighted by atomic mass is 35.5. The molecule has 4 heteroatoms. The third kappa shape index (κ3) is 2.92. The third-order valence-corrected chi connectivity index (χ3v) is 5.17. The summed E-state index contributed by atoms with van der Waals surface area (Å²) in [6.07, 6.45) is 4.73. The molecule has 1 saturated carbocycles. The largest absolute Gasteiger partial charge is 0.361 e. The molecule has 0 saturated heterocycles. The molecule has 0 bridgehead atoms. The third-order valence-electron chi connectivity index (χ3n) is 4.92. The van der Waals surface area contributed by atoms with Gasteiger partial charge in [-0.25, -0.2) is 0 Å². The van der Waals surface area contributed by atoms with Crippen molar-refractivity contribution in [1.29, 1.82) is 0 Å². The fourth-order valence-corrected chi connectivity index (χ4v) is 3.45. The van der Waals surface area contributed by atoms with Gasteiger partial charge in [0.25, 0.3) is 0 Å². The Bertz CT molecular complexity index is 878. The summed E-state index contributed by atoms with van der Waals surface area (Å²) in [5, 5.41) is 5.07. The van der Waals surface area contributed by atoms with Crippen molar-refractivity contribution in [3.8, 4) is 0 Å². The number of nitrogens with one attached hydrogen (secondary N) is 2. The Morgan fingerprint density at radius 2 is 1.88 bits per heavy atom. The molecule has 1 aromatic heterocycles. The molecule has 3 aromatic rings. The smallest absolute Gasteiger partial charge is 0.224 e. The molecular formula is C20H19ClN2O. The minimum absolute atomic E-state index is 0.0587. The minimum atomic E-state index is 0.0587. The van der Waals surface area contributed by atoms with E-state index in [2.05, 4.69) is 34.7 Å². The Morgan fingerprint density at radius 1 is 1.12 bits per heavy atom. The quantitative estimate of drug-likeness (QED) is 0.719. The van der Waals surface area contributed by atoms with Crippen LogP contribution in [0.1, 0.15) is 24.0 Å². The molecule has 24 heavy (non-hydrogen) atoms. The summed E-state index contributed by atoms with van der Waals surface area (Å²) in [4.78, 5) is 15.6. The van der Waals surface area contributed by atoms with Crippen LogP contribution in [-0.2, 0) is 16.6 Å². The van der Waals surface area contributed by atoms with E-state index in [-0.39, 0.29) is 11.3 Å². The Kier molecular flexibility index (Phi) is 3.81. The Morgan fingerprint density at radius 3 is 2.62 bits per heavy atom. The van der Waals surface area contributed by atoms with E-state index in [0.717, 1.165) is 23.9 Å². The summed E-state index contributed by atoms with van der Waals surface area (Å²) in [6.45, 7) is 0.696. The van der Waals surface area contributed by atoms with Crippen LogP contribution in [0.5, 0.6) is 0 Å². The lowest BCUT2D eigenvalue weighted by Gasteiger charge is -2.16. The lowest BCUT2D eigenvalue weighted by Crippen LogP contribution is -2.33. The number of rotatable bonds is 5. The molecule has 0 radical (unpaired) electrons. The van der Waals surface area contributed by atoms with Crippen molar-refractivity contribution in [3.05, 3.63) is 70.9 Å². The van der Waals surface area contributed by atoms with Gasteiger partial charge < -0.3 is 10.3 Å². The predicted octanol–water partition coefficient (Wildman–Crippen LogP) is 4.21. The van der Waals surface area contributed by atoms with Gasteiger partial charge in [0.15, 0.2) is 0 Å². The summed E-state index contributed by atoms with van der Waals surface area (Å²) in [7, 11) is 0. The first-order valence-electron chi connectivity index (χ1n) is 8.24. The van der Waals surface area contributed by atoms with E-state index in [1.165, 1.54) is 10.9 Å². The first kappa shape index (κ1) is 15.3. The lowest BCUT2D eigenvalue weighted by molar-refractivity contribution is -0.120. The van der Waals surface area contributed by atoms with Crippen molar-refractivity contribution < 1.29 is 4.79 Å². The molecule has 2 N–H and O–H groups in total. The number of fused-ring (bicyclic) bond motifs is 1. The number of aromatic amines is 1. The van der Waals surface area contributed by atoms with Crippen LogP contribution < -0.4 is 5.32 Å². The van der Waals surface area contributed by atoms with Crippen LogP contribution in [0.25, 0.3) is 10.9 Å². The first-order chi connectivity index (χ1) is 11.7. The molecule has 1 amide bonds. The van der Waals surface area contributed by atoms with Gasteiger partial charge in [0.2, 0.25) is 5.91 Å². The average Bonchev–Trinajstić information content (AvgIpc) is 3.26. The van der Waals surface area contributed by atoms with Gasteiger partial charge in [0.1, 0.15) is 0 Å². The molecule has 1 fully saturated rings. The topological polar surface area (TPSA) is 44.9 Å². The number of carbonyl (C=O) groups is 1. The van der Waals surface area contributed by atoms with Crippen molar-refractivity contribution in [1.82, 2.24) is 10.3 Å². The van der Waals surface area contributed by atoms with E-state index in [0.29, 0.717) is 18.0 Å². The van der Waals surface area contributed by atoms with E-state index in [1.54, 1.807) is 0 Å². The standard InChI is InChI=1S/C20H19ClN2O/c21-15-7-5-14(6-8-15)11-19(24)23-13-20(9-10-20)17-12-22-18-4-2-1-3-16(17)18/h1-8,12,22H,9-11,13H2,(H,23,24). The zero-order valence-corrected chi connectivity index (χ0v) is 14.1. The molecule has 1 aliphatic rings. The van der Waals surface area contributed by atoms with Crippen LogP contribution in [0.15, 0.2) is 54.7 Å². The molecule has 1 aliphatic carbocycles. The van der Waals surface area contributed by atoms with Gasteiger partial charge in [-0.3, -0.25) is 4.79 Å². The van der Waals surface area contributed by atoms with Gasteiger partial charge in [0.05, 0.1) is 6.42 Å². The van der Waals surface area contributed by atoms with Crippen molar-refractivity contribution in [2.75, 3.05) is 6.54 Å². The van der Waals surface area contributed by atoms with Gasteiger partial charge in [-0.2, -0.15) is 0 Å². The highest BCUT2D eigenvalue weighted by Gasteiger charge is 2.45. The maximum absolute atomic E-state index is 12.3. The number of aromatic nitrogens is 1. The first-order valence-corrected chi connectivity index (χ1v) is 8.62. The summed E-state index contributed by atoms with van der Waals surface area (Å²) < 4.78 is 0. The van der Waals surface area contributed by atoms with E-state index >= 15 is 0 Å². The maximum Gasteiger partial charge on any atom is 0.224 e. The van der Waals surface area contributed by atoms with Crippen molar-refractivity contribution in [3.63, 3.8) is 0 Å². The number of hydrogen-bond acceptors (Lipinski definition) is 1. The lowest BCUT2D eigenvalue weighted by atomic mass is 9.95. The van der Waals surface area contributed by atoms with E-state index < -0.39 is 0 Å². The molecule has 0 spiro atoms. The predicted molar refractivity (Wildman–Crippen MR) is 97.4 cm³/mol. The zero-order valence-electron chi connectivity index (χ0n) is 13.3. The van der Waals surface area contributed by atoms with Gasteiger partial charge in [-0.15, -0.1) is 0 Å². The summed E-state index contributed by atoms with van der Waals surface area (Å²) in [5.74, 6) is 0.0587. The average molecular weight is 339 g/mol. The molecule has 0 atom stereocenters. The molecule has 2 aromatic carbocycles. The second-order valence-electron chi connectivity index (χ2n) is 6.61. The van der Waals surface area contributed by atoms with Crippen LogP contribution in [0.2, 0.25) is 5.02 Å². The highest BCUT2D eigenvalue weighted by Crippen LogP contribution is 2.49. The number of halogens is 1. The normalized spacial score (nSPS) is 15.4. The van der Waals surface area contributed by atoms with Gasteiger partial charge in [0, 0.05) is 34.1 Å². The SMILES string of the molecule is O=C(Cc1ccc(Cl)cc1)NCC1(c2c[nH]c3ccccc23)CC1. The molecule has 0 unspecified atom stereocenters. The molecule has 122 valence electrons. The number of benzene rings is 2. The molecule has 3 nitrogen and oxygen atoms in total. The monoisotopic (exact) mass is 338 g/mol. The van der Waals surface area contributed by atoms with Crippen LogP contribution in [-0.4, -0.2) is 17.4 Å². The van der Waals surface area contributed by atoms with Crippen LogP contribution >= 0.6 is 11.6 Å². The van der Waals surface area contributed by atoms with Crippen LogP contribution in [0.3, 0.4) is 0 Å². The molecule has 4 rings (SSSR count). The van der Waals surface area contributed by atoms with Crippen LogP contribution in [0.4, 0.5) is 0 Å². The second kappa shape index (κ2) is 5.99. The Hall–Kier alpha value is -2.26. The van der Waals surface area contributed by atoms with Crippen molar-refractivity contribution >= 4 is 28.4 Å². The Balaban J connectivity index is 1.43. The van der Waals surface area contributed by atoms with Crippen LogP contribution in [0, 0.1) is 0 Å². The van der Waals surface area contributed by atoms with Crippen molar-refractivity contribution in [2.45, 2.75) is 24.7 Å². The van der Waals surface area contributed by atoms with Gasteiger partial charge >= 0.3 is 0 Å². The van der Waals surface area contributed by atoms with Crippen molar-refractivity contribution in [2.24, 2.45) is 0 Å². The van der Waals surface area contributed by atoms with Gasteiger partial charge in [-0.05, 0) is 42.2 Å².